The number of rotatable bonds is 7. The van der Waals surface area contributed by atoms with Crippen LogP contribution in [0.3, 0.4) is 0 Å². The van der Waals surface area contributed by atoms with Crippen LogP contribution in [0.1, 0.15) is 65.6 Å². The summed E-state index contributed by atoms with van der Waals surface area (Å²) < 4.78 is 4.16. The normalized spacial score (nSPS) is 14.7. The highest BCUT2D eigenvalue weighted by Gasteiger charge is 2.15. The molecule has 8 heteroatoms. The van der Waals surface area contributed by atoms with Crippen molar-refractivity contribution in [2.45, 2.75) is 44.7 Å². The number of aromatic nitrogens is 5. The molecular weight excluding hydrogens is 432 g/mol. The van der Waals surface area contributed by atoms with Crippen molar-refractivity contribution < 1.29 is 4.79 Å². The first-order valence-electron chi connectivity index (χ1n) is 11.3. The fraction of sp³-hybridized carbons (Fsp3) is 0.280. The fourth-order valence-corrected chi connectivity index (χ4v) is 4.89. The van der Waals surface area contributed by atoms with E-state index in [-0.39, 0.29) is 5.91 Å². The molecule has 7 nitrogen and oxygen atoms in total. The van der Waals surface area contributed by atoms with Crippen molar-refractivity contribution in [1.29, 1.82) is 0 Å². The number of hydrogen-bond acceptors (Lipinski definition) is 5. The lowest BCUT2D eigenvalue weighted by Crippen LogP contribution is -2.17. The summed E-state index contributed by atoms with van der Waals surface area (Å²) in [5.74, 6) is -0.176. The van der Waals surface area contributed by atoms with Crippen LogP contribution in [0.25, 0.3) is 12.2 Å². The minimum Gasteiger partial charge on any atom is -0.339 e. The smallest absolute Gasteiger partial charge is 0.274 e. The first kappa shape index (κ1) is 21.3. The summed E-state index contributed by atoms with van der Waals surface area (Å²) in [7, 11) is 0. The van der Waals surface area contributed by atoms with Gasteiger partial charge in [0.2, 0.25) is 0 Å². The Balaban J connectivity index is 1.21. The number of hydrogen-bond donors (Lipinski definition) is 1. The molecule has 0 aromatic carbocycles. The van der Waals surface area contributed by atoms with Gasteiger partial charge in [0.25, 0.3) is 5.91 Å². The zero-order valence-corrected chi connectivity index (χ0v) is 19.1. The molecule has 33 heavy (non-hydrogen) atoms. The highest BCUT2D eigenvalue weighted by molar-refractivity contribution is 7.14. The molecule has 168 valence electrons. The summed E-state index contributed by atoms with van der Waals surface area (Å²) in [6.07, 6.45) is 19.8. The molecule has 0 atom stereocenters. The first-order valence-corrected chi connectivity index (χ1v) is 12.1. The SMILES string of the molecule is O=C(Nc1nc(/C=C/c2cn(C3CCCCC3)cn2)cs1)c1cccn1Cc1ccncc1. The maximum Gasteiger partial charge on any atom is 0.274 e. The number of nitrogens with zero attached hydrogens (tertiary/aromatic N) is 5. The predicted octanol–water partition coefficient (Wildman–Crippen LogP) is 5.51. The van der Waals surface area contributed by atoms with Gasteiger partial charge in [-0.1, -0.05) is 19.3 Å². The Morgan fingerprint density at radius 2 is 1.94 bits per heavy atom. The van der Waals surface area contributed by atoms with E-state index in [2.05, 4.69) is 31.0 Å². The van der Waals surface area contributed by atoms with E-state index in [1.54, 1.807) is 12.4 Å². The van der Waals surface area contributed by atoms with Gasteiger partial charge in [0.15, 0.2) is 5.13 Å². The maximum absolute atomic E-state index is 12.8. The largest absolute Gasteiger partial charge is 0.339 e. The Bertz CT molecular complexity index is 1230. The molecule has 0 bridgehead atoms. The molecule has 0 aliphatic heterocycles. The molecule has 0 saturated heterocycles. The monoisotopic (exact) mass is 458 g/mol. The van der Waals surface area contributed by atoms with E-state index in [0.29, 0.717) is 23.4 Å². The Hall–Kier alpha value is -3.52. The lowest BCUT2D eigenvalue weighted by molar-refractivity contribution is 0.101. The molecule has 1 fully saturated rings. The molecule has 0 radical (unpaired) electrons. The minimum absolute atomic E-state index is 0.176. The van der Waals surface area contributed by atoms with E-state index in [4.69, 9.17) is 0 Å². The molecule has 4 heterocycles. The van der Waals surface area contributed by atoms with Crippen LogP contribution in [-0.2, 0) is 6.54 Å². The van der Waals surface area contributed by atoms with Gasteiger partial charge in [-0.05, 0) is 54.8 Å². The van der Waals surface area contributed by atoms with Crippen LogP contribution >= 0.6 is 11.3 Å². The average Bonchev–Trinajstić information content (AvgIpc) is 3.60. The van der Waals surface area contributed by atoms with Gasteiger partial charge in [0.1, 0.15) is 5.69 Å². The van der Waals surface area contributed by atoms with Crippen molar-refractivity contribution in [2.75, 3.05) is 5.32 Å². The highest BCUT2D eigenvalue weighted by atomic mass is 32.1. The Morgan fingerprint density at radius 1 is 1.12 bits per heavy atom. The molecule has 4 aromatic heterocycles. The van der Waals surface area contributed by atoms with E-state index < -0.39 is 0 Å². The van der Waals surface area contributed by atoms with E-state index >= 15 is 0 Å². The molecule has 1 aliphatic carbocycles. The second-order valence-corrected chi connectivity index (χ2v) is 9.14. The molecule has 5 rings (SSSR count). The number of imidazole rings is 1. The van der Waals surface area contributed by atoms with Crippen molar-refractivity contribution in [3.8, 4) is 0 Å². The number of pyridine rings is 1. The lowest BCUT2D eigenvalue weighted by atomic mass is 9.95. The second kappa shape index (κ2) is 9.95. The van der Waals surface area contributed by atoms with Crippen LogP contribution in [0.15, 0.2) is 60.8 Å². The lowest BCUT2D eigenvalue weighted by Gasteiger charge is -2.22. The molecule has 0 unspecified atom stereocenters. The number of amides is 1. The fourth-order valence-electron chi connectivity index (χ4n) is 4.21. The van der Waals surface area contributed by atoms with Crippen LogP contribution in [0, 0.1) is 0 Å². The maximum atomic E-state index is 12.8. The molecule has 1 N–H and O–H groups in total. The third-order valence-corrected chi connectivity index (χ3v) is 6.73. The first-order chi connectivity index (χ1) is 16.2. The van der Waals surface area contributed by atoms with Gasteiger partial charge >= 0.3 is 0 Å². The Morgan fingerprint density at radius 3 is 2.79 bits per heavy atom. The van der Waals surface area contributed by atoms with Crippen LogP contribution < -0.4 is 5.32 Å². The zero-order valence-electron chi connectivity index (χ0n) is 18.3. The van der Waals surface area contributed by atoms with Crippen LogP contribution in [0.4, 0.5) is 5.13 Å². The van der Waals surface area contributed by atoms with E-state index in [0.717, 1.165) is 17.0 Å². The van der Waals surface area contributed by atoms with Crippen LogP contribution in [-0.4, -0.2) is 30.0 Å². The molecule has 1 aliphatic rings. The average molecular weight is 459 g/mol. The molecule has 1 amide bonds. The Kier molecular flexibility index (Phi) is 6.44. The predicted molar refractivity (Wildman–Crippen MR) is 131 cm³/mol. The van der Waals surface area contributed by atoms with Gasteiger partial charge < -0.3 is 9.13 Å². The second-order valence-electron chi connectivity index (χ2n) is 8.28. The highest BCUT2D eigenvalue weighted by Crippen LogP contribution is 2.28. The van der Waals surface area contributed by atoms with E-state index in [9.17, 15) is 4.79 Å². The summed E-state index contributed by atoms with van der Waals surface area (Å²) in [5.41, 5.74) is 3.40. The number of anilines is 1. The summed E-state index contributed by atoms with van der Waals surface area (Å²) >= 11 is 1.41. The van der Waals surface area contributed by atoms with Crippen molar-refractivity contribution in [2.24, 2.45) is 0 Å². The van der Waals surface area contributed by atoms with Gasteiger partial charge in [-0.15, -0.1) is 11.3 Å². The standard InChI is InChI=1S/C25H26N6OS/c32-24(23-7-4-14-30(23)15-19-10-12-26-13-11-19)29-25-28-21(17-33-25)9-8-20-16-31(18-27-20)22-5-2-1-3-6-22/h4,7-14,16-18,22H,1-3,5-6,15H2,(H,28,29,32)/b9-8+. The van der Waals surface area contributed by atoms with E-state index in [1.165, 1.54) is 43.4 Å². The van der Waals surface area contributed by atoms with Crippen molar-refractivity contribution in [3.63, 3.8) is 0 Å². The molecule has 4 aromatic rings. The summed E-state index contributed by atoms with van der Waals surface area (Å²) in [5, 5.41) is 5.42. The number of nitrogens with one attached hydrogen (secondary N) is 1. The molecule has 1 saturated carbocycles. The van der Waals surface area contributed by atoms with Crippen LogP contribution in [0.5, 0.6) is 0 Å². The third kappa shape index (κ3) is 5.28. The summed E-state index contributed by atoms with van der Waals surface area (Å²) in [6, 6.07) is 8.15. The van der Waals surface area contributed by atoms with E-state index in [1.807, 2.05) is 58.9 Å². The molecular formula is C25H26N6OS. The van der Waals surface area contributed by atoms with Crippen molar-refractivity contribution in [1.82, 2.24) is 24.1 Å². The molecule has 0 spiro atoms. The van der Waals surface area contributed by atoms with Crippen molar-refractivity contribution in [3.05, 3.63) is 83.4 Å². The zero-order chi connectivity index (χ0) is 22.5. The van der Waals surface area contributed by atoms with Gasteiger partial charge in [0.05, 0.1) is 17.7 Å². The van der Waals surface area contributed by atoms with Gasteiger partial charge in [-0.3, -0.25) is 15.1 Å². The van der Waals surface area contributed by atoms with Gasteiger partial charge in [-0.2, -0.15) is 0 Å². The van der Waals surface area contributed by atoms with Crippen molar-refractivity contribution >= 4 is 34.5 Å². The quantitative estimate of drug-likeness (QED) is 0.396. The number of carbonyl (C=O) groups excluding carboxylic acids is 1. The summed E-state index contributed by atoms with van der Waals surface area (Å²) in [4.78, 5) is 25.9. The number of carbonyl (C=O) groups is 1. The Labute approximate surface area is 196 Å². The number of thiazole rings is 1. The summed E-state index contributed by atoms with van der Waals surface area (Å²) in [6.45, 7) is 0.609. The van der Waals surface area contributed by atoms with Gasteiger partial charge in [-0.25, -0.2) is 9.97 Å². The van der Waals surface area contributed by atoms with Crippen LogP contribution in [0.2, 0.25) is 0 Å². The minimum atomic E-state index is -0.176. The van der Waals surface area contributed by atoms with Gasteiger partial charge in [0, 0.05) is 42.8 Å². The topological polar surface area (TPSA) is 77.6 Å². The third-order valence-electron chi connectivity index (χ3n) is 5.95.